The van der Waals surface area contributed by atoms with Gasteiger partial charge in [-0.2, -0.15) is 8.42 Å². The molecule has 1 aromatic rings. The largest absolute Gasteiger partial charge is 0.465 e. The van der Waals surface area contributed by atoms with Gasteiger partial charge in [0.2, 0.25) is 0 Å². The van der Waals surface area contributed by atoms with Gasteiger partial charge in [-0.3, -0.25) is 0 Å². The third kappa shape index (κ3) is 2.53. The van der Waals surface area contributed by atoms with Gasteiger partial charge in [0.15, 0.2) is 0 Å². The van der Waals surface area contributed by atoms with Crippen LogP contribution < -0.4 is 0 Å². The van der Waals surface area contributed by atoms with E-state index >= 15 is 0 Å². The topological polar surface area (TPSA) is 60.4 Å². The van der Waals surface area contributed by atoms with Crippen LogP contribution in [0.1, 0.15) is 15.9 Å². The van der Waals surface area contributed by atoms with Crippen LogP contribution in [-0.2, 0) is 15.0 Å². The minimum atomic E-state index is -4.81. The first-order chi connectivity index (χ1) is 6.86. The van der Waals surface area contributed by atoms with Gasteiger partial charge in [0, 0.05) is 0 Å². The molecule has 0 amide bonds. The van der Waals surface area contributed by atoms with Gasteiger partial charge < -0.3 is 4.74 Å². The normalized spacial score (nSPS) is 11.1. The Bertz CT molecular complexity index is 493. The molecule has 15 heavy (non-hydrogen) atoms. The van der Waals surface area contributed by atoms with Crippen molar-refractivity contribution >= 4 is 16.2 Å². The molecule has 0 N–H and O–H groups in total. The molecule has 0 radical (unpaired) electrons. The third-order valence-electron chi connectivity index (χ3n) is 1.87. The van der Waals surface area contributed by atoms with Gasteiger partial charge in [-0.15, -0.1) is 3.89 Å². The summed E-state index contributed by atoms with van der Waals surface area (Å²) < 4.78 is 38.5. The molecule has 0 fully saturated rings. The van der Waals surface area contributed by atoms with Crippen molar-refractivity contribution in [1.29, 1.82) is 0 Å². The predicted octanol–water partition coefficient (Wildman–Crippen LogP) is 1.44. The Morgan fingerprint density at radius 1 is 1.40 bits per heavy atom. The SMILES string of the molecule is COC(=O)c1ccc(C)c(S(=O)(=O)F)c1. The van der Waals surface area contributed by atoms with E-state index in [1.54, 1.807) is 0 Å². The average molecular weight is 232 g/mol. The van der Waals surface area contributed by atoms with Crippen LogP contribution in [0.2, 0.25) is 0 Å². The number of hydrogen-bond donors (Lipinski definition) is 0. The molecule has 0 heterocycles. The van der Waals surface area contributed by atoms with Gasteiger partial charge >= 0.3 is 16.2 Å². The van der Waals surface area contributed by atoms with E-state index < -0.39 is 21.1 Å². The van der Waals surface area contributed by atoms with Crippen molar-refractivity contribution in [2.75, 3.05) is 7.11 Å². The van der Waals surface area contributed by atoms with E-state index in [0.29, 0.717) is 0 Å². The highest BCUT2D eigenvalue weighted by molar-refractivity contribution is 7.86. The molecule has 0 spiro atoms. The maximum absolute atomic E-state index is 12.7. The van der Waals surface area contributed by atoms with Gasteiger partial charge in [0.25, 0.3) is 0 Å². The summed E-state index contributed by atoms with van der Waals surface area (Å²) in [6, 6.07) is 3.67. The Kier molecular flexibility index (Phi) is 3.09. The third-order valence-corrected chi connectivity index (χ3v) is 2.84. The van der Waals surface area contributed by atoms with Crippen LogP contribution in [0, 0.1) is 6.92 Å². The molecule has 6 heteroatoms. The molecule has 82 valence electrons. The van der Waals surface area contributed by atoms with E-state index in [0.717, 1.165) is 13.2 Å². The first-order valence-corrected chi connectivity index (χ1v) is 5.38. The van der Waals surface area contributed by atoms with Crippen LogP contribution in [0.15, 0.2) is 23.1 Å². The number of rotatable bonds is 2. The standard InChI is InChI=1S/C9H9FO4S/c1-6-3-4-7(9(11)14-2)5-8(6)15(10,12)13/h3-5H,1-2H3. The van der Waals surface area contributed by atoms with E-state index in [4.69, 9.17) is 0 Å². The molecular formula is C9H9FO4S. The van der Waals surface area contributed by atoms with Crippen molar-refractivity contribution in [3.8, 4) is 0 Å². The molecule has 0 aliphatic rings. The van der Waals surface area contributed by atoms with Crippen molar-refractivity contribution in [2.24, 2.45) is 0 Å². The van der Waals surface area contributed by atoms with Gasteiger partial charge in [0.1, 0.15) is 4.90 Å². The monoisotopic (exact) mass is 232 g/mol. The summed E-state index contributed by atoms with van der Waals surface area (Å²) in [6.45, 7) is 1.44. The summed E-state index contributed by atoms with van der Waals surface area (Å²) in [7, 11) is -3.65. The van der Waals surface area contributed by atoms with Crippen LogP contribution in [0.4, 0.5) is 3.89 Å². The molecule has 0 saturated carbocycles. The lowest BCUT2D eigenvalue weighted by molar-refractivity contribution is 0.0600. The first-order valence-electron chi connectivity index (χ1n) is 4.00. The Balaban J connectivity index is 3.36. The van der Waals surface area contributed by atoms with Gasteiger partial charge in [0.05, 0.1) is 12.7 Å². The molecule has 0 aliphatic carbocycles. The molecule has 0 atom stereocenters. The minimum absolute atomic E-state index is 0.000625. The lowest BCUT2D eigenvalue weighted by Gasteiger charge is -2.03. The van der Waals surface area contributed by atoms with Crippen molar-refractivity contribution in [2.45, 2.75) is 11.8 Å². The second kappa shape index (κ2) is 3.98. The average Bonchev–Trinajstić information content (AvgIpc) is 2.15. The smallest absolute Gasteiger partial charge is 0.337 e. The number of carbonyl (C=O) groups is 1. The predicted molar refractivity (Wildman–Crippen MR) is 50.8 cm³/mol. The number of hydrogen-bond acceptors (Lipinski definition) is 4. The van der Waals surface area contributed by atoms with E-state index in [2.05, 4.69) is 4.74 Å². The van der Waals surface area contributed by atoms with E-state index in [-0.39, 0.29) is 11.1 Å². The number of ether oxygens (including phenoxy) is 1. The second-order valence-corrected chi connectivity index (χ2v) is 4.23. The molecular weight excluding hydrogens is 223 g/mol. The van der Waals surface area contributed by atoms with Crippen LogP contribution in [0.25, 0.3) is 0 Å². The maximum Gasteiger partial charge on any atom is 0.337 e. The summed E-state index contributed by atoms with van der Waals surface area (Å²) in [5.74, 6) is -0.708. The molecule has 0 aliphatic heterocycles. The molecule has 0 saturated heterocycles. The van der Waals surface area contributed by atoms with Crippen molar-refractivity contribution < 1.29 is 21.8 Å². The Morgan fingerprint density at radius 3 is 2.47 bits per heavy atom. The van der Waals surface area contributed by atoms with Crippen LogP contribution >= 0.6 is 0 Å². The highest BCUT2D eigenvalue weighted by atomic mass is 32.3. The highest BCUT2D eigenvalue weighted by Gasteiger charge is 2.17. The fourth-order valence-electron chi connectivity index (χ4n) is 1.11. The Hall–Kier alpha value is -1.43. The Morgan fingerprint density at radius 2 is 2.00 bits per heavy atom. The van der Waals surface area contributed by atoms with E-state index in [1.165, 1.54) is 19.1 Å². The minimum Gasteiger partial charge on any atom is -0.465 e. The van der Waals surface area contributed by atoms with Gasteiger partial charge in [-0.1, -0.05) is 6.07 Å². The molecule has 4 nitrogen and oxygen atoms in total. The van der Waals surface area contributed by atoms with Crippen molar-refractivity contribution in [1.82, 2.24) is 0 Å². The first kappa shape index (κ1) is 11.6. The number of carbonyl (C=O) groups excluding carboxylic acids is 1. The van der Waals surface area contributed by atoms with E-state index in [9.17, 15) is 17.1 Å². The van der Waals surface area contributed by atoms with Crippen LogP contribution in [0.5, 0.6) is 0 Å². The maximum atomic E-state index is 12.7. The zero-order valence-corrected chi connectivity index (χ0v) is 8.97. The zero-order valence-electron chi connectivity index (χ0n) is 8.15. The quantitative estimate of drug-likeness (QED) is 0.571. The molecule has 1 aromatic carbocycles. The molecule has 0 bridgehead atoms. The lowest BCUT2D eigenvalue weighted by Crippen LogP contribution is -2.04. The molecule has 0 unspecified atom stereocenters. The van der Waals surface area contributed by atoms with Crippen molar-refractivity contribution in [3.05, 3.63) is 29.3 Å². The Labute approximate surface area is 86.9 Å². The summed E-state index contributed by atoms with van der Waals surface area (Å²) in [6.07, 6.45) is 0. The summed E-state index contributed by atoms with van der Waals surface area (Å²) in [4.78, 5) is 10.6. The fraction of sp³-hybridized carbons (Fsp3) is 0.222. The van der Waals surface area contributed by atoms with E-state index in [1.807, 2.05) is 0 Å². The van der Waals surface area contributed by atoms with Crippen molar-refractivity contribution in [3.63, 3.8) is 0 Å². The number of aryl methyl sites for hydroxylation is 1. The van der Waals surface area contributed by atoms with Gasteiger partial charge in [-0.25, -0.2) is 4.79 Å². The van der Waals surface area contributed by atoms with Gasteiger partial charge in [-0.05, 0) is 24.6 Å². The van der Waals surface area contributed by atoms with Crippen LogP contribution in [-0.4, -0.2) is 21.5 Å². The fourth-order valence-corrected chi connectivity index (χ4v) is 1.83. The highest BCUT2D eigenvalue weighted by Crippen LogP contribution is 2.19. The number of esters is 1. The lowest BCUT2D eigenvalue weighted by atomic mass is 10.1. The second-order valence-electron chi connectivity index (χ2n) is 2.91. The summed E-state index contributed by atoms with van der Waals surface area (Å²) in [5, 5.41) is 0. The van der Waals surface area contributed by atoms with Crippen LogP contribution in [0.3, 0.4) is 0 Å². The summed E-state index contributed by atoms with van der Waals surface area (Å²) >= 11 is 0. The number of benzene rings is 1. The number of halogens is 1. The summed E-state index contributed by atoms with van der Waals surface area (Å²) in [5.41, 5.74) is 0.240. The number of methoxy groups -OCH3 is 1. The molecule has 0 aromatic heterocycles. The zero-order chi connectivity index (χ0) is 11.6. The molecule has 1 rings (SSSR count).